The molecule has 2 nitrogen and oxygen atoms in total. The molecular weight excluding hydrogens is 232 g/mol. The third-order valence-electron chi connectivity index (χ3n) is 4.04. The molecule has 1 heterocycles. The van der Waals surface area contributed by atoms with Crippen molar-refractivity contribution in [3.05, 3.63) is 40.8 Å². The Labute approximate surface area is 117 Å². The molecule has 0 saturated heterocycles. The molecule has 2 heteroatoms. The monoisotopic (exact) mass is 258 g/mol. The van der Waals surface area contributed by atoms with E-state index in [0.717, 1.165) is 6.42 Å². The Kier molecular flexibility index (Phi) is 3.98. The topological polar surface area (TPSA) is 17.8 Å². The van der Waals surface area contributed by atoms with Crippen molar-refractivity contribution < 1.29 is 0 Å². The van der Waals surface area contributed by atoms with Crippen molar-refractivity contribution in [3.63, 3.8) is 0 Å². The summed E-state index contributed by atoms with van der Waals surface area (Å²) in [5.41, 5.74) is 5.36. The summed E-state index contributed by atoms with van der Waals surface area (Å²) in [4.78, 5) is 0. The molecule has 19 heavy (non-hydrogen) atoms. The van der Waals surface area contributed by atoms with E-state index in [9.17, 15) is 0 Å². The summed E-state index contributed by atoms with van der Waals surface area (Å²) >= 11 is 0. The first-order valence-corrected chi connectivity index (χ1v) is 7.35. The zero-order chi connectivity index (χ0) is 14.2. The fraction of sp³-hybridized carbons (Fsp3) is 0.588. The van der Waals surface area contributed by atoms with Crippen LogP contribution in [-0.4, -0.2) is 9.78 Å². The molecule has 0 fully saturated rings. The van der Waals surface area contributed by atoms with Crippen LogP contribution in [0.5, 0.6) is 0 Å². The van der Waals surface area contributed by atoms with E-state index in [1.54, 1.807) is 0 Å². The van der Waals surface area contributed by atoms with Crippen molar-refractivity contribution in [1.29, 1.82) is 0 Å². The maximum absolute atomic E-state index is 4.76. The first-order chi connectivity index (χ1) is 8.91. The van der Waals surface area contributed by atoms with Crippen LogP contribution < -0.4 is 0 Å². The van der Waals surface area contributed by atoms with E-state index >= 15 is 0 Å². The summed E-state index contributed by atoms with van der Waals surface area (Å²) in [6.45, 7) is 13.3. The Morgan fingerprint density at radius 3 is 2.26 bits per heavy atom. The number of nitrogens with zero attached hydrogens (tertiary/aromatic N) is 2. The lowest BCUT2D eigenvalue weighted by Crippen LogP contribution is -2.12. The van der Waals surface area contributed by atoms with E-state index in [1.165, 1.54) is 22.5 Å². The van der Waals surface area contributed by atoms with Gasteiger partial charge in [0.15, 0.2) is 0 Å². The van der Waals surface area contributed by atoms with Gasteiger partial charge in [-0.05, 0) is 43.2 Å². The number of hydrogen-bond acceptors (Lipinski definition) is 1. The van der Waals surface area contributed by atoms with E-state index in [1.807, 2.05) is 0 Å². The van der Waals surface area contributed by atoms with Crippen LogP contribution in [0, 0.1) is 19.8 Å². The maximum atomic E-state index is 4.76. The molecule has 0 N–H and O–H groups in total. The molecule has 1 atom stereocenters. The Morgan fingerprint density at radius 2 is 1.84 bits per heavy atom. The number of aromatic nitrogens is 2. The molecule has 1 unspecified atom stereocenters. The van der Waals surface area contributed by atoms with Crippen molar-refractivity contribution in [2.45, 2.75) is 59.9 Å². The lowest BCUT2D eigenvalue weighted by Gasteiger charge is -2.20. The van der Waals surface area contributed by atoms with Crippen LogP contribution in [-0.2, 0) is 0 Å². The second-order valence-electron chi connectivity index (χ2n) is 6.20. The number of rotatable bonds is 3. The Morgan fingerprint density at radius 1 is 1.16 bits per heavy atom. The van der Waals surface area contributed by atoms with Gasteiger partial charge in [0.05, 0.1) is 11.7 Å². The van der Waals surface area contributed by atoms with Crippen LogP contribution in [0.25, 0.3) is 0 Å². The SMILES string of the molecule is Cc1nn(C2C=CC(C(C)C)=CC2)c(C)c1C(C)C. The van der Waals surface area contributed by atoms with Gasteiger partial charge in [-0.3, -0.25) is 4.68 Å². The average Bonchev–Trinajstić information content (AvgIpc) is 2.65. The highest BCUT2D eigenvalue weighted by Gasteiger charge is 2.20. The van der Waals surface area contributed by atoms with E-state index in [4.69, 9.17) is 5.10 Å². The molecule has 0 radical (unpaired) electrons. The first kappa shape index (κ1) is 14.1. The van der Waals surface area contributed by atoms with Gasteiger partial charge in [-0.1, -0.05) is 45.9 Å². The molecule has 1 aliphatic rings. The molecule has 0 spiro atoms. The highest BCUT2D eigenvalue weighted by molar-refractivity contribution is 5.31. The van der Waals surface area contributed by atoms with Gasteiger partial charge in [0.25, 0.3) is 0 Å². The number of allylic oxidation sites excluding steroid dienone is 4. The predicted molar refractivity (Wildman–Crippen MR) is 81.5 cm³/mol. The normalized spacial score (nSPS) is 19.4. The Hall–Kier alpha value is -1.31. The summed E-state index contributed by atoms with van der Waals surface area (Å²) < 4.78 is 2.20. The first-order valence-electron chi connectivity index (χ1n) is 7.35. The fourth-order valence-electron chi connectivity index (χ4n) is 3.07. The minimum absolute atomic E-state index is 0.383. The van der Waals surface area contributed by atoms with Crippen molar-refractivity contribution >= 4 is 0 Å². The summed E-state index contributed by atoms with van der Waals surface area (Å²) in [6, 6.07) is 0.383. The van der Waals surface area contributed by atoms with Crippen molar-refractivity contribution in [3.8, 4) is 0 Å². The number of aryl methyl sites for hydroxylation is 1. The molecule has 0 amide bonds. The largest absolute Gasteiger partial charge is 0.262 e. The van der Waals surface area contributed by atoms with Crippen LogP contribution in [0.2, 0.25) is 0 Å². The van der Waals surface area contributed by atoms with Gasteiger partial charge in [-0.2, -0.15) is 5.10 Å². The highest BCUT2D eigenvalue weighted by atomic mass is 15.3. The van der Waals surface area contributed by atoms with Gasteiger partial charge in [-0.15, -0.1) is 0 Å². The van der Waals surface area contributed by atoms with Crippen LogP contribution in [0.4, 0.5) is 0 Å². The second kappa shape index (κ2) is 5.36. The summed E-state index contributed by atoms with van der Waals surface area (Å²) in [5, 5.41) is 4.76. The highest BCUT2D eigenvalue weighted by Crippen LogP contribution is 2.29. The van der Waals surface area contributed by atoms with Gasteiger partial charge >= 0.3 is 0 Å². The fourth-order valence-corrected chi connectivity index (χ4v) is 3.07. The van der Waals surface area contributed by atoms with Gasteiger partial charge in [0.2, 0.25) is 0 Å². The summed E-state index contributed by atoms with van der Waals surface area (Å²) in [7, 11) is 0. The lowest BCUT2D eigenvalue weighted by molar-refractivity contribution is 0.518. The molecule has 1 aromatic heterocycles. The molecule has 1 aliphatic carbocycles. The molecule has 0 aliphatic heterocycles. The molecule has 2 rings (SSSR count). The van der Waals surface area contributed by atoms with E-state index in [-0.39, 0.29) is 0 Å². The van der Waals surface area contributed by atoms with E-state index < -0.39 is 0 Å². The van der Waals surface area contributed by atoms with Crippen LogP contribution >= 0.6 is 0 Å². The van der Waals surface area contributed by atoms with Crippen LogP contribution in [0.15, 0.2) is 23.8 Å². The molecular formula is C17H26N2. The smallest absolute Gasteiger partial charge is 0.0740 e. The van der Waals surface area contributed by atoms with Gasteiger partial charge in [-0.25, -0.2) is 0 Å². The van der Waals surface area contributed by atoms with E-state index in [0.29, 0.717) is 17.9 Å². The standard InChI is InChI=1S/C17H26N2/c1-11(2)15-7-9-16(10-8-15)19-14(6)17(12(3)4)13(5)18-19/h7-9,11-12,16H,10H2,1-6H3. The minimum atomic E-state index is 0.383. The predicted octanol–water partition coefficient (Wildman–Crippen LogP) is 4.71. The molecule has 104 valence electrons. The van der Waals surface area contributed by atoms with Crippen molar-refractivity contribution in [2.75, 3.05) is 0 Å². The zero-order valence-corrected chi connectivity index (χ0v) is 13.1. The molecule has 0 aromatic carbocycles. The summed E-state index contributed by atoms with van der Waals surface area (Å²) in [6.07, 6.45) is 7.99. The maximum Gasteiger partial charge on any atom is 0.0740 e. The molecule has 0 bridgehead atoms. The van der Waals surface area contributed by atoms with Crippen molar-refractivity contribution in [1.82, 2.24) is 9.78 Å². The average molecular weight is 258 g/mol. The van der Waals surface area contributed by atoms with Gasteiger partial charge in [0, 0.05) is 5.69 Å². The van der Waals surface area contributed by atoms with Gasteiger partial charge in [0.1, 0.15) is 0 Å². The number of hydrogen-bond donors (Lipinski definition) is 0. The Bertz CT molecular complexity index is 516. The zero-order valence-electron chi connectivity index (χ0n) is 13.1. The lowest BCUT2D eigenvalue weighted by atomic mass is 9.95. The van der Waals surface area contributed by atoms with E-state index in [2.05, 4.69) is 64.5 Å². The minimum Gasteiger partial charge on any atom is -0.262 e. The van der Waals surface area contributed by atoms with Crippen LogP contribution in [0.3, 0.4) is 0 Å². The summed E-state index contributed by atoms with van der Waals surface area (Å²) in [5.74, 6) is 1.16. The van der Waals surface area contributed by atoms with Crippen molar-refractivity contribution in [2.24, 2.45) is 5.92 Å². The third kappa shape index (κ3) is 2.68. The van der Waals surface area contributed by atoms with Gasteiger partial charge < -0.3 is 0 Å². The molecule has 1 aromatic rings. The molecule has 0 saturated carbocycles. The Balaban J connectivity index is 2.27. The quantitative estimate of drug-likeness (QED) is 0.768. The van der Waals surface area contributed by atoms with Crippen LogP contribution in [0.1, 0.15) is 63.0 Å². The third-order valence-corrected chi connectivity index (χ3v) is 4.04. The second-order valence-corrected chi connectivity index (χ2v) is 6.20.